The van der Waals surface area contributed by atoms with E-state index in [0.717, 1.165) is 18.9 Å². The van der Waals surface area contributed by atoms with Crippen LogP contribution in [0.15, 0.2) is 18.3 Å². The molecule has 22 heavy (non-hydrogen) atoms. The molecule has 1 saturated heterocycles. The molecule has 3 rings (SSSR count). The Morgan fingerprint density at radius 1 is 1.41 bits per heavy atom. The lowest BCUT2D eigenvalue weighted by atomic mass is 10.2. The Hall–Kier alpha value is -1.83. The molecule has 1 atom stereocenters. The highest BCUT2D eigenvalue weighted by atomic mass is 19.4. The first-order valence-electron chi connectivity index (χ1n) is 7.14. The maximum atomic E-state index is 13.1. The number of pyridine rings is 1. The van der Waals surface area contributed by atoms with Crippen LogP contribution in [0.3, 0.4) is 0 Å². The van der Waals surface area contributed by atoms with Gasteiger partial charge in [-0.05, 0) is 25.0 Å². The summed E-state index contributed by atoms with van der Waals surface area (Å²) in [5.74, 6) is -0.417. The minimum Gasteiger partial charge on any atom is -0.365 e. The summed E-state index contributed by atoms with van der Waals surface area (Å²) in [7, 11) is 0. The van der Waals surface area contributed by atoms with Crippen LogP contribution in [0.5, 0.6) is 0 Å². The third-order valence-corrected chi connectivity index (χ3v) is 3.67. The molecule has 1 aliphatic carbocycles. The van der Waals surface area contributed by atoms with E-state index in [0.29, 0.717) is 0 Å². The third-order valence-electron chi connectivity index (χ3n) is 3.67. The van der Waals surface area contributed by atoms with Crippen molar-refractivity contribution in [3.63, 3.8) is 0 Å². The van der Waals surface area contributed by atoms with E-state index in [2.05, 4.69) is 10.3 Å². The van der Waals surface area contributed by atoms with Gasteiger partial charge in [-0.1, -0.05) is 0 Å². The van der Waals surface area contributed by atoms with Crippen LogP contribution in [0.25, 0.3) is 0 Å². The fourth-order valence-electron chi connectivity index (χ4n) is 2.39. The number of morpholine rings is 1. The van der Waals surface area contributed by atoms with Crippen LogP contribution < -0.4 is 10.2 Å². The standard InChI is InChI=1S/C14H16F3N3O2/c15-14(16,17)10-2-1-5-18-12(10)20-6-7-22-11(8-20)13(21)19-9-3-4-9/h1-2,5,9,11H,3-4,6-8H2,(H,19,21). The SMILES string of the molecule is O=C(NC1CC1)C1CN(c2ncccc2C(F)(F)F)CCO1. The molecule has 2 aliphatic rings. The van der Waals surface area contributed by atoms with Crippen molar-refractivity contribution < 1.29 is 22.7 Å². The molecule has 1 saturated carbocycles. The summed E-state index contributed by atoms with van der Waals surface area (Å²) in [6, 6.07) is 2.44. The Morgan fingerprint density at radius 2 is 2.18 bits per heavy atom. The van der Waals surface area contributed by atoms with E-state index in [1.165, 1.54) is 17.2 Å². The number of hydrogen-bond acceptors (Lipinski definition) is 4. The molecule has 8 heteroatoms. The monoisotopic (exact) mass is 315 g/mol. The summed E-state index contributed by atoms with van der Waals surface area (Å²) >= 11 is 0. The van der Waals surface area contributed by atoms with Gasteiger partial charge in [-0.2, -0.15) is 13.2 Å². The van der Waals surface area contributed by atoms with E-state index in [1.807, 2.05) is 0 Å². The largest absolute Gasteiger partial charge is 0.419 e. The van der Waals surface area contributed by atoms with Crippen molar-refractivity contribution in [2.75, 3.05) is 24.6 Å². The fraction of sp³-hybridized carbons (Fsp3) is 0.571. The zero-order valence-corrected chi connectivity index (χ0v) is 11.8. The zero-order valence-electron chi connectivity index (χ0n) is 11.8. The number of alkyl halides is 3. The highest BCUT2D eigenvalue weighted by molar-refractivity contribution is 5.82. The molecule has 1 aromatic heterocycles. The Balaban J connectivity index is 1.75. The number of amides is 1. The molecule has 2 fully saturated rings. The van der Waals surface area contributed by atoms with E-state index in [1.54, 1.807) is 0 Å². The smallest absolute Gasteiger partial charge is 0.365 e. The normalized spacial score (nSPS) is 22.5. The van der Waals surface area contributed by atoms with E-state index >= 15 is 0 Å². The molecule has 1 amide bonds. The zero-order chi connectivity index (χ0) is 15.7. The topological polar surface area (TPSA) is 54.5 Å². The minimum absolute atomic E-state index is 0.0681. The molecule has 1 aliphatic heterocycles. The van der Waals surface area contributed by atoms with Gasteiger partial charge >= 0.3 is 6.18 Å². The van der Waals surface area contributed by atoms with Crippen LogP contribution in [0.1, 0.15) is 18.4 Å². The number of anilines is 1. The number of hydrogen-bond donors (Lipinski definition) is 1. The van der Waals surface area contributed by atoms with Crippen LogP contribution >= 0.6 is 0 Å². The first kappa shape index (κ1) is 15.1. The molecule has 1 aromatic rings. The lowest BCUT2D eigenvalue weighted by Crippen LogP contribution is -2.51. The van der Waals surface area contributed by atoms with Gasteiger partial charge in [0.15, 0.2) is 6.10 Å². The number of carbonyl (C=O) groups is 1. The summed E-state index contributed by atoms with van der Waals surface area (Å²) in [6.07, 6.45) is -2.04. The van der Waals surface area contributed by atoms with Crippen LogP contribution in [0.4, 0.5) is 19.0 Å². The Labute approximate surface area is 125 Å². The number of nitrogens with one attached hydrogen (secondary N) is 1. The van der Waals surface area contributed by atoms with Crippen molar-refractivity contribution in [3.05, 3.63) is 23.9 Å². The van der Waals surface area contributed by atoms with Crippen LogP contribution in [0, 0.1) is 0 Å². The maximum absolute atomic E-state index is 13.1. The number of aromatic nitrogens is 1. The van der Waals surface area contributed by atoms with Gasteiger partial charge in [0.05, 0.1) is 18.7 Å². The van der Waals surface area contributed by atoms with Crippen molar-refractivity contribution in [1.82, 2.24) is 10.3 Å². The van der Waals surface area contributed by atoms with E-state index in [4.69, 9.17) is 4.74 Å². The number of nitrogens with zero attached hydrogens (tertiary/aromatic N) is 2. The van der Waals surface area contributed by atoms with Gasteiger partial charge in [0.1, 0.15) is 5.82 Å². The Bertz CT molecular complexity index is 561. The second-order valence-corrected chi connectivity index (χ2v) is 5.46. The summed E-state index contributed by atoms with van der Waals surface area (Å²) in [4.78, 5) is 17.3. The maximum Gasteiger partial charge on any atom is 0.419 e. The van der Waals surface area contributed by atoms with Crippen molar-refractivity contribution in [2.45, 2.75) is 31.2 Å². The average Bonchev–Trinajstić information content (AvgIpc) is 3.30. The van der Waals surface area contributed by atoms with E-state index < -0.39 is 17.8 Å². The second-order valence-electron chi connectivity index (χ2n) is 5.46. The van der Waals surface area contributed by atoms with Crippen molar-refractivity contribution >= 4 is 11.7 Å². The molecule has 120 valence electrons. The van der Waals surface area contributed by atoms with E-state index in [-0.39, 0.29) is 37.5 Å². The molecular weight excluding hydrogens is 299 g/mol. The lowest BCUT2D eigenvalue weighted by molar-refractivity contribution is -0.137. The molecular formula is C14H16F3N3O2. The highest BCUT2D eigenvalue weighted by Gasteiger charge is 2.38. The van der Waals surface area contributed by atoms with Crippen molar-refractivity contribution in [2.24, 2.45) is 0 Å². The second kappa shape index (κ2) is 5.75. The molecule has 0 bridgehead atoms. The van der Waals surface area contributed by atoms with E-state index in [9.17, 15) is 18.0 Å². The quantitative estimate of drug-likeness (QED) is 0.920. The minimum atomic E-state index is -4.48. The van der Waals surface area contributed by atoms with Crippen molar-refractivity contribution in [1.29, 1.82) is 0 Å². The lowest BCUT2D eigenvalue weighted by Gasteiger charge is -2.34. The van der Waals surface area contributed by atoms with Gasteiger partial charge in [0.2, 0.25) is 0 Å². The molecule has 0 spiro atoms. The molecule has 0 aromatic carbocycles. The summed E-state index contributed by atoms with van der Waals surface area (Å²) < 4.78 is 44.6. The molecule has 2 heterocycles. The van der Waals surface area contributed by atoms with Gasteiger partial charge < -0.3 is 15.0 Å². The summed E-state index contributed by atoms with van der Waals surface area (Å²) in [5.41, 5.74) is -0.793. The third kappa shape index (κ3) is 3.32. The highest BCUT2D eigenvalue weighted by Crippen LogP contribution is 2.35. The molecule has 0 radical (unpaired) electrons. The predicted octanol–water partition coefficient (Wildman–Crippen LogP) is 1.58. The Kier molecular flexibility index (Phi) is 3.94. The summed E-state index contributed by atoms with van der Waals surface area (Å²) in [6.45, 7) is 0.530. The Morgan fingerprint density at radius 3 is 2.86 bits per heavy atom. The van der Waals surface area contributed by atoms with Crippen LogP contribution in [-0.4, -0.2) is 42.7 Å². The van der Waals surface area contributed by atoms with Crippen LogP contribution in [-0.2, 0) is 15.7 Å². The predicted molar refractivity (Wildman–Crippen MR) is 72.4 cm³/mol. The summed E-state index contributed by atoms with van der Waals surface area (Å²) in [5, 5.41) is 2.81. The average molecular weight is 315 g/mol. The first-order chi connectivity index (χ1) is 10.4. The molecule has 1 N–H and O–H groups in total. The van der Waals surface area contributed by atoms with Gasteiger partial charge in [0, 0.05) is 18.8 Å². The van der Waals surface area contributed by atoms with Gasteiger partial charge in [0.25, 0.3) is 5.91 Å². The van der Waals surface area contributed by atoms with Gasteiger partial charge in [-0.3, -0.25) is 4.79 Å². The van der Waals surface area contributed by atoms with Gasteiger partial charge in [-0.15, -0.1) is 0 Å². The molecule has 5 nitrogen and oxygen atoms in total. The number of halogens is 3. The molecule has 1 unspecified atom stereocenters. The van der Waals surface area contributed by atoms with Gasteiger partial charge in [-0.25, -0.2) is 4.98 Å². The van der Waals surface area contributed by atoms with Crippen molar-refractivity contribution in [3.8, 4) is 0 Å². The first-order valence-corrected chi connectivity index (χ1v) is 7.14. The number of carbonyl (C=O) groups excluding carboxylic acids is 1. The number of ether oxygens (including phenoxy) is 1. The van der Waals surface area contributed by atoms with Crippen LogP contribution in [0.2, 0.25) is 0 Å². The number of rotatable bonds is 3. The fourth-order valence-corrected chi connectivity index (χ4v) is 2.39.